The molecule has 0 N–H and O–H groups in total. The molecule has 0 radical (unpaired) electrons. The topological polar surface area (TPSA) is 43.4 Å². The van der Waals surface area contributed by atoms with Crippen LogP contribution in [-0.2, 0) is 20.5 Å². The van der Waals surface area contributed by atoms with Gasteiger partial charge < -0.3 is 4.18 Å². The summed E-state index contributed by atoms with van der Waals surface area (Å²) in [4.78, 5) is -0.659. The second-order valence-corrected chi connectivity index (χ2v) is 4.55. The van der Waals surface area contributed by atoms with Crippen molar-refractivity contribution in [3.05, 3.63) is 42.2 Å². The molecule has 0 aliphatic carbocycles. The summed E-state index contributed by atoms with van der Waals surface area (Å²) in [5.74, 6) is 0. The molecule has 0 unspecified atom stereocenters. The van der Waals surface area contributed by atoms with Crippen molar-refractivity contribution in [2.45, 2.75) is 11.1 Å². The maximum atomic E-state index is 12.2. The third-order valence-corrected chi connectivity index (χ3v) is 2.93. The van der Waals surface area contributed by atoms with Crippen LogP contribution >= 0.6 is 0 Å². The number of alkyl halides is 3. The Morgan fingerprint density at radius 3 is 2.00 bits per heavy atom. The van der Waals surface area contributed by atoms with Gasteiger partial charge in [-0.3, -0.25) is 0 Å². The van der Waals surface area contributed by atoms with Crippen molar-refractivity contribution >= 4 is 10.1 Å². The maximum Gasteiger partial charge on any atom is 0.416 e. The zero-order chi connectivity index (χ0) is 14.0. The highest BCUT2D eigenvalue weighted by molar-refractivity contribution is 7.86. The third kappa shape index (κ3) is 3.69. The minimum Gasteiger partial charge on any atom is -0.381 e. The smallest absolute Gasteiger partial charge is 0.381 e. The van der Waals surface area contributed by atoms with Gasteiger partial charge in [0.2, 0.25) is 0 Å². The molecule has 1 aromatic carbocycles. The molecule has 0 fully saturated rings. The Morgan fingerprint density at radius 2 is 1.61 bits per heavy atom. The Balaban J connectivity index is 3.02. The predicted molar refractivity (Wildman–Crippen MR) is 50.0 cm³/mol. The van der Waals surface area contributed by atoms with Gasteiger partial charge in [0, 0.05) is 0 Å². The van der Waals surface area contributed by atoms with E-state index in [4.69, 9.17) is 0 Å². The molecule has 0 saturated carbocycles. The van der Waals surface area contributed by atoms with Gasteiger partial charge in [0.25, 0.3) is 0 Å². The van der Waals surface area contributed by atoms with E-state index in [1.165, 1.54) is 0 Å². The van der Waals surface area contributed by atoms with E-state index in [1.54, 1.807) is 0 Å². The van der Waals surface area contributed by atoms with E-state index in [0.717, 1.165) is 0 Å². The number of benzene rings is 1. The second-order valence-electron chi connectivity index (χ2n) is 2.98. The molecule has 3 nitrogen and oxygen atoms in total. The molecule has 0 aromatic heterocycles. The SMILES string of the molecule is O=S(=O)(OC=C(F)F)c1ccc(C(F)(F)F)cc1. The van der Waals surface area contributed by atoms with E-state index in [1.807, 2.05) is 0 Å². The van der Waals surface area contributed by atoms with Gasteiger partial charge in [-0.05, 0) is 24.3 Å². The number of hydrogen-bond acceptors (Lipinski definition) is 3. The van der Waals surface area contributed by atoms with Gasteiger partial charge in [0.1, 0.15) is 4.90 Å². The summed E-state index contributed by atoms with van der Waals surface area (Å²) in [5, 5.41) is 0. The molecule has 0 spiro atoms. The van der Waals surface area contributed by atoms with Crippen LogP contribution in [0.1, 0.15) is 5.56 Å². The largest absolute Gasteiger partial charge is 0.416 e. The number of halogens is 5. The quantitative estimate of drug-likeness (QED) is 0.487. The fourth-order valence-electron chi connectivity index (χ4n) is 0.966. The standard InChI is InChI=1S/C9H5F5O3S/c10-8(11)5-17-18(15,16)7-3-1-6(2-4-7)9(12,13)14/h1-5H. The summed E-state index contributed by atoms with van der Waals surface area (Å²) in [6.07, 6.45) is -7.31. The van der Waals surface area contributed by atoms with Gasteiger partial charge in [0.05, 0.1) is 5.56 Å². The first-order valence-electron chi connectivity index (χ1n) is 4.24. The normalized spacial score (nSPS) is 12.1. The molecule has 0 heterocycles. The highest BCUT2D eigenvalue weighted by Gasteiger charge is 2.30. The first-order chi connectivity index (χ1) is 8.13. The zero-order valence-corrected chi connectivity index (χ0v) is 9.23. The van der Waals surface area contributed by atoms with Gasteiger partial charge in [-0.15, -0.1) is 0 Å². The summed E-state index contributed by atoms with van der Waals surface area (Å²) in [5.41, 5.74) is -1.06. The van der Waals surface area contributed by atoms with Gasteiger partial charge in [-0.1, -0.05) is 0 Å². The van der Waals surface area contributed by atoms with E-state index >= 15 is 0 Å². The van der Waals surface area contributed by atoms with Crippen molar-refractivity contribution in [2.75, 3.05) is 0 Å². The van der Waals surface area contributed by atoms with E-state index < -0.39 is 32.8 Å². The van der Waals surface area contributed by atoms with E-state index in [9.17, 15) is 30.4 Å². The summed E-state index contributed by atoms with van der Waals surface area (Å²) >= 11 is 0. The summed E-state index contributed by atoms with van der Waals surface area (Å²) in [7, 11) is -4.54. The average Bonchev–Trinajstić information content (AvgIpc) is 2.26. The molecular weight excluding hydrogens is 283 g/mol. The Morgan fingerprint density at radius 1 is 1.11 bits per heavy atom. The molecule has 1 rings (SSSR count). The van der Waals surface area contributed by atoms with Crippen LogP contribution in [0.25, 0.3) is 0 Å². The second kappa shape index (κ2) is 4.92. The predicted octanol–water partition coefficient (Wildman–Crippen LogP) is 3.15. The van der Waals surface area contributed by atoms with Crippen molar-refractivity contribution in [2.24, 2.45) is 0 Å². The molecule has 0 bridgehead atoms. The fourth-order valence-corrected chi connectivity index (χ4v) is 1.75. The molecule has 0 saturated heterocycles. The van der Waals surface area contributed by atoms with Crippen molar-refractivity contribution in [1.82, 2.24) is 0 Å². The van der Waals surface area contributed by atoms with Crippen LogP contribution in [-0.4, -0.2) is 8.42 Å². The maximum absolute atomic E-state index is 12.2. The molecule has 9 heteroatoms. The van der Waals surface area contributed by atoms with Crippen molar-refractivity contribution in [1.29, 1.82) is 0 Å². The Bertz CT molecular complexity index is 541. The van der Waals surface area contributed by atoms with Crippen LogP contribution in [0.4, 0.5) is 22.0 Å². The lowest BCUT2D eigenvalue weighted by Crippen LogP contribution is -2.07. The number of rotatable bonds is 3. The lowest BCUT2D eigenvalue weighted by Gasteiger charge is -2.07. The average molecular weight is 288 g/mol. The first kappa shape index (κ1) is 14.4. The highest BCUT2D eigenvalue weighted by Crippen LogP contribution is 2.29. The third-order valence-electron chi connectivity index (χ3n) is 1.73. The van der Waals surface area contributed by atoms with Crippen LogP contribution in [0.5, 0.6) is 0 Å². The van der Waals surface area contributed by atoms with Gasteiger partial charge in [0.15, 0.2) is 6.26 Å². The Labute approximate surface area is 98.6 Å². The van der Waals surface area contributed by atoms with Crippen molar-refractivity contribution in [3.8, 4) is 0 Å². The lowest BCUT2D eigenvalue weighted by molar-refractivity contribution is -0.137. The van der Waals surface area contributed by atoms with Gasteiger partial charge in [-0.2, -0.15) is 30.4 Å². The van der Waals surface area contributed by atoms with E-state index in [-0.39, 0.29) is 6.26 Å². The van der Waals surface area contributed by atoms with Crippen LogP contribution in [0.15, 0.2) is 41.5 Å². The highest BCUT2D eigenvalue weighted by atomic mass is 32.2. The van der Waals surface area contributed by atoms with Crippen LogP contribution < -0.4 is 0 Å². The fraction of sp³-hybridized carbons (Fsp3) is 0.111. The summed E-state index contributed by atoms with van der Waals surface area (Å²) in [6, 6.07) is 2.24. The molecule has 100 valence electrons. The van der Waals surface area contributed by atoms with E-state index in [0.29, 0.717) is 24.3 Å². The van der Waals surface area contributed by atoms with Gasteiger partial charge >= 0.3 is 22.4 Å². The zero-order valence-electron chi connectivity index (χ0n) is 8.41. The monoisotopic (exact) mass is 288 g/mol. The van der Waals surface area contributed by atoms with Crippen LogP contribution in [0.2, 0.25) is 0 Å². The molecule has 0 aliphatic rings. The number of hydrogen-bond donors (Lipinski definition) is 0. The molecule has 0 aliphatic heterocycles. The first-order valence-corrected chi connectivity index (χ1v) is 5.65. The summed E-state index contributed by atoms with van der Waals surface area (Å²) in [6.45, 7) is 0. The Hall–Kier alpha value is -1.64. The molecule has 1 aromatic rings. The lowest BCUT2D eigenvalue weighted by atomic mass is 10.2. The minimum absolute atomic E-state index is 0.312. The van der Waals surface area contributed by atoms with E-state index in [2.05, 4.69) is 4.18 Å². The van der Waals surface area contributed by atoms with Gasteiger partial charge in [-0.25, -0.2) is 0 Å². The Kier molecular flexibility index (Phi) is 3.95. The molecule has 0 atom stereocenters. The molecule has 0 amide bonds. The minimum atomic E-state index is -4.62. The molecular formula is C9H5F5O3S. The summed E-state index contributed by atoms with van der Waals surface area (Å²) < 4.78 is 86.0. The molecule has 18 heavy (non-hydrogen) atoms. The van der Waals surface area contributed by atoms with Crippen molar-refractivity contribution in [3.63, 3.8) is 0 Å². The van der Waals surface area contributed by atoms with Crippen molar-refractivity contribution < 1.29 is 34.6 Å². The van der Waals surface area contributed by atoms with Crippen LogP contribution in [0.3, 0.4) is 0 Å². The van der Waals surface area contributed by atoms with Crippen LogP contribution in [0, 0.1) is 0 Å².